The van der Waals surface area contributed by atoms with Gasteiger partial charge in [-0.15, -0.1) is 0 Å². The molecule has 4 rings (SSSR count). The number of anilines is 1. The molecule has 0 spiro atoms. The predicted octanol–water partition coefficient (Wildman–Crippen LogP) is 4.38. The highest BCUT2D eigenvalue weighted by Crippen LogP contribution is 2.41. The summed E-state index contributed by atoms with van der Waals surface area (Å²) in [5.74, 6) is -1.08. The molecule has 3 aromatic rings. The Kier molecular flexibility index (Phi) is 4.54. The van der Waals surface area contributed by atoms with Crippen LogP contribution in [0.1, 0.15) is 17.2 Å². The lowest BCUT2D eigenvalue weighted by Crippen LogP contribution is -2.19. The highest BCUT2D eigenvalue weighted by molar-refractivity contribution is 6.28. The van der Waals surface area contributed by atoms with Gasteiger partial charge in [0.1, 0.15) is 5.57 Å². The Balaban J connectivity index is 1.80. The number of esters is 1. The molecule has 1 aliphatic rings. The SMILES string of the molecule is O=C(Nc1ccccc1)C1=C(c2ccccc2)C(c2ccccc2)OC1=O. The highest BCUT2D eigenvalue weighted by Gasteiger charge is 2.39. The fraction of sp³-hybridized carbons (Fsp3) is 0.0435. The van der Waals surface area contributed by atoms with Crippen LogP contribution in [0.2, 0.25) is 0 Å². The van der Waals surface area contributed by atoms with Gasteiger partial charge in [0, 0.05) is 11.3 Å². The third-order valence-corrected chi connectivity index (χ3v) is 4.41. The molecule has 0 saturated carbocycles. The second-order valence-electron chi connectivity index (χ2n) is 6.17. The molecule has 0 saturated heterocycles. The Labute approximate surface area is 157 Å². The number of benzene rings is 3. The van der Waals surface area contributed by atoms with Crippen molar-refractivity contribution in [1.82, 2.24) is 0 Å². The summed E-state index contributed by atoms with van der Waals surface area (Å²) in [7, 11) is 0. The summed E-state index contributed by atoms with van der Waals surface area (Å²) >= 11 is 0. The van der Waals surface area contributed by atoms with Crippen LogP contribution in [0.3, 0.4) is 0 Å². The number of carbonyl (C=O) groups is 2. The number of cyclic esters (lactones) is 1. The van der Waals surface area contributed by atoms with Crippen LogP contribution >= 0.6 is 0 Å². The molecule has 1 aliphatic heterocycles. The molecule has 0 bridgehead atoms. The molecule has 1 amide bonds. The quantitative estimate of drug-likeness (QED) is 0.558. The maximum absolute atomic E-state index is 12.9. The number of para-hydroxylation sites is 1. The first-order valence-corrected chi connectivity index (χ1v) is 8.66. The molecule has 0 aromatic heterocycles. The molecule has 1 atom stereocenters. The molecule has 0 radical (unpaired) electrons. The zero-order valence-corrected chi connectivity index (χ0v) is 14.5. The fourth-order valence-electron chi connectivity index (χ4n) is 3.17. The third kappa shape index (κ3) is 3.37. The van der Waals surface area contributed by atoms with Gasteiger partial charge in [0.25, 0.3) is 5.91 Å². The average Bonchev–Trinajstić information content (AvgIpc) is 3.07. The Morgan fingerprint density at radius 1 is 0.778 bits per heavy atom. The zero-order chi connectivity index (χ0) is 18.6. The van der Waals surface area contributed by atoms with E-state index in [1.165, 1.54) is 0 Å². The number of hydrogen-bond acceptors (Lipinski definition) is 3. The molecule has 27 heavy (non-hydrogen) atoms. The van der Waals surface area contributed by atoms with Gasteiger partial charge in [-0.2, -0.15) is 0 Å². The van der Waals surface area contributed by atoms with E-state index in [9.17, 15) is 9.59 Å². The van der Waals surface area contributed by atoms with Gasteiger partial charge in [0.15, 0.2) is 6.10 Å². The fourth-order valence-corrected chi connectivity index (χ4v) is 3.17. The van der Waals surface area contributed by atoms with Crippen molar-refractivity contribution in [3.8, 4) is 0 Å². The van der Waals surface area contributed by atoms with Crippen molar-refractivity contribution < 1.29 is 14.3 Å². The van der Waals surface area contributed by atoms with Crippen molar-refractivity contribution in [2.75, 3.05) is 5.32 Å². The lowest BCUT2D eigenvalue weighted by Gasteiger charge is -2.15. The normalized spacial score (nSPS) is 16.1. The van der Waals surface area contributed by atoms with E-state index < -0.39 is 18.0 Å². The van der Waals surface area contributed by atoms with Crippen LogP contribution in [0.5, 0.6) is 0 Å². The van der Waals surface area contributed by atoms with E-state index in [1.807, 2.05) is 78.9 Å². The van der Waals surface area contributed by atoms with Crippen LogP contribution in [-0.2, 0) is 14.3 Å². The molecule has 3 aromatic carbocycles. The van der Waals surface area contributed by atoms with Gasteiger partial charge < -0.3 is 10.1 Å². The van der Waals surface area contributed by atoms with Gasteiger partial charge in [0.05, 0.1) is 0 Å². The average molecular weight is 355 g/mol. The summed E-state index contributed by atoms with van der Waals surface area (Å²) in [5, 5.41) is 2.79. The molecule has 4 nitrogen and oxygen atoms in total. The third-order valence-electron chi connectivity index (χ3n) is 4.41. The van der Waals surface area contributed by atoms with E-state index in [2.05, 4.69) is 5.32 Å². The summed E-state index contributed by atoms with van der Waals surface area (Å²) in [6.07, 6.45) is -0.613. The second-order valence-corrected chi connectivity index (χ2v) is 6.17. The molecule has 132 valence electrons. The van der Waals surface area contributed by atoms with Crippen molar-refractivity contribution in [3.05, 3.63) is 108 Å². The zero-order valence-electron chi connectivity index (χ0n) is 14.5. The van der Waals surface area contributed by atoms with Gasteiger partial charge in [0.2, 0.25) is 0 Å². The van der Waals surface area contributed by atoms with Crippen LogP contribution in [0.15, 0.2) is 96.6 Å². The molecule has 0 aliphatic carbocycles. The standard InChI is InChI=1S/C23H17NO3/c25-22(24-18-14-8-3-9-15-18)20-19(16-10-4-1-5-11-16)21(27-23(20)26)17-12-6-2-7-13-17/h1-15,21H,(H,24,25). The van der Waals surface area contributed by atoms with Gasteiger partial charge in [-0.05, 0) is 23.3 Å². The minimum Gasteiger partial charge on any atom is -0.449 e. The van der Waals surface area contributed by atoms with Crippen molar-refractivity contribution in [1.29, 1.82) is 0 Å². The van der Waals surface area contributed by atoms with E-state index in [4.69, 9.17) is 4.74 Å². The molecule has 1 unspecified atom stereocenters. The number of amides is 1. The smallest absolute Gasteiger partial charge is 0.345 e. The van der Waals surface area contributed by atoms with Crippen molar-refractivity contribution in [3.63, 3.8) is 0 Å². The van der Waals surface area contributed by atoms with E-state index in [1.54, 1.807) is 12.1 Å². The number of carbonyl (C=O) groups excluding carboxylic acids is 2. The van der Waals surface area contributed by atoms with E-state index in [0.717, 1.165) is 11.1 Å². The van der Waals surface area contributed by atoms with Crippen molar-refractivity contribution >= 4 is 23.1 Å². The minimum absolute atomic E-state index is 0.0407. The lowest BCUT2D eigenvalue weighted by atomic mass is 9.92. The molecular formula is C23H17NO3. The Hall–Kier alpha value is -3.66. The van der Waals surface area contributed by atoms with Gasteiger partial charge in [-0.3, -0.25) is 4.79 Å². The van der Waals surface area contributed by atoms with Crippen molar-refractivity contribution in [2.45, 2.75) is 6.10 Å². The Morgan fingerprint density at radius 3 is 1.96 bits per heavy atom. The largest absolute Gasteiger partial charge is 0.449 e. The second kappa shape index (κ2) is 7.30. The highest BCUT2D eigenvalue weighted by atomic mass is 16.5. The molecule has 1 heterocycles. The maximum Gasteiger partial charge on any atom is 0.345 e. The first-order valence-electron chi connectivity index (χ1n) is 8.66. The van der Waals surface area contributed by atoms with Gasteiger partial charge >= 0.3 is 5.97 Å². The number of hydrogen-bond donors (Lipinski definition) is 1. The lowest BCUT2D eigenvalue weighted by molar-refractivity contribution is -0.140. The predicted molar refractivity (Wildman–Crippen MR) is 104 cm³/mol. The van der Waals surface area contributed by atoms with Gasteiger partial charge in [-0.25, -0.2) is 4.79 Å². The van der Waals surface area contributed by atoms with Crippen LogP contribution < -0.4 is 5.32 Å². The number of rotatable bonds is 4. The monoisotopic (exact) mass is 355 g/mol. The van der Waals surface area contributed by atoms with E-state index in [0.29, 0.717) is 11.3 Å². The van der Waals surface area contributed by atoms with Crippen molar-refractivity contribution in [2.24, 2.45) is 0 Å². The van der Waals surface area contributed by atoms with E-state index >= 15 is 0 Å². The molecule has 1 N–H and O–H groups in total. The first-order chi connectivity index (χ1) is 13.2. The molecular weight excluding hydrogens is 338 g/mol. The summed E-state index contributed by atoms with van der Waals surface area (Å²) < 4.78 is 5.61. The Bertz CT molecular complexity index is 996. The summed E-state index contributed by atoms with van der Waals surface area (Å²) in [6.45, 7) is 0. The summed E-state index contributed by atoms with van der Waals surface area (Å²) in [5.41, 5.74) is 2.86. The van der Waals surface area contributed by atoms with E-state index in [-0.39, 0.29) is 5.57 Å². The summed E-state index contributed by atoms with van der Waals surface area (Å²) in [6, 6.07) is 27.9. The Morgan fingerprint density at radius 2 is 1.33 bits per heavy atom. The number of nitrogens with one attached hydrogen (secondary N) is 1. The number of ether oxygens (including phenoxy) is 1. The molecule has 4 heteroatoms. The summed E-state index contributed by atoms with van der Waals surface area (Å²) in [4.78, 5) is 25.5. The molecule has 0 fully saturated rings. The van der Waals surface area contributed by atoms with Gasteiger partial charge in [-0.1, -0.05) is 78.9 Å². The topological polar surface area (TPSA) is 55.4 Å². The minimum atomic E-state index is -0.615. The van der Waals surface area contributed by atoms with Crippen LogP contribution in [0.25, 0.3) is 5.57 Å². The van der Waals surface area contributed by atoms with Crippen LogP contribution in [0, 0.1) is 0 Å². The van der Waals surface area contributed by atoms with Crippen LogP contribution in [0.4, 0.5) is 5.69 Å². The maximum atomic E-state index is 12.9. The first kappa shape index (κ1) is 16.8. The van der Waals surface area contributed by atoms with Crippen LogP contribution in [-0.4, -0.2) is 11.9 Å².